The highest BCUT2D eigenvalue weighted by Crippen LogP contribution is 2.30. The highest BCUT2D eigenvalue weighted by atomic mass is 16.6. The molecular formula is C19H20N2O9. The number of carbonyl (C=O) groups is 2. The summed E-state index contributed by atoms with van der Waals surface area (Å²) in [6.45, 7) is 4.55. The van der Waals surface area contributed by atoms with Crippen molar-refractivity contribution in [2.24, 2.45) is 0 Å². The number of carboxylic acid groups (broad SMARTS) is 1. The summed E-state index contributed by atoms with van der Waals surface area (Å²) < 4.78 is 0. The molecule has 0 amide bonds. The van der Waals surface area contributed by atoms with Crippen LogP contribution in [0.4, 0.5) is 11.4 Å². The molecule has 0 aromatic heterocycles. The van der Waals surface area contributed by atoms with Gasteiger partial charge in [-0.3, -0.25) is 29.8 Å². The number of aliphatic carboxylic acids is 1. The molecule has 30 heavy (non-hydrogen) atoms. The Morgan fingerprint density at radius 1 is 0.833 bits per heavy atom. The molecule has 0 radical (unpaired) electrons. The highest BCUT2D eigenvalue weighted by molar-refractivity contribution is 5.83. The molecular weight excluding hydrogens is 400 g/mol. The van der Waals surface area contributed by atoms with Gasteiger partial charge in [0.25, 0.3) is 0 Å². The number of hydrogen-bond acceptors (Lipinski definition) is 8. The fourth-order valence-corrected chi connectivity index (χ4v) is 2.31. The second-order valence-electron chi connectivity index (χ2n) is 6.40. The van der Waals surface area contributed by atoms with Crippen molar-refractivity contribution in [2.75, 3.05) is 0 Å². The van der Waals surface area contributed by atoms with Gasteiger partial charge in [0.05, 0.1) is 15.8 Å². The first kappa shape index (κ1) is 24.0. The summed E-state index contributed by atoms with van der Waals surface area (Å²) >= 11 is 0. The van der Waals surface area contributed by atoms with Crippen LogP contribution in [0.1, 0.15) is 43.7 Å². The zero-order valence-electron chi connectivity index (χ0n) is 16.3. The SMILES string of the molecule is CC(=O)C(C)c1ccc([N+](=O)[O-])c(O)c1.CC(C(=O)O)c1ccc([N+](=O)[O-])c(O)c1. The monoisotopic (exact) mass is 420 g/mol. The molecule has 0 aliphatic rings. The summed E-state index contributed by atoms with van der Waals surface area (Å²) in [6, 6.07) is 7.43. The first-order chi connectivity index (χ1) is 13.9. The van der Waals surface area contributed by atoms with E-state index in [0.717, 1.165) is 12.1 Å². The third kappa shape index (κ3) is 5.99. The fraction of sp³-hybridized carbons (Fsp3) is 0.263. The van der Waals surface area contributed by atoms with E-state index in [0.29, 0.717) is 11.1 Å². The van der Waals surface area contributed by atoms with Crippen LogP contribution >= 0.6 is 0 Å². The van der Waals surface area contributed by atoms with Crippen LogP contribution < -0.4 is 0 Å². The van der Waals surface area contributed by atoms with Gasteiger partial charge < -0.3 is 15.3 Å². The molecule has 0 saturated heterocycles. The fourth-order valence-electron chi connectivity index (χ4n) is 2.31. The van der Waals surface area contributed by atoms with Crippen molar-refractivity contribution in [3.05, 3.63) is 67.8 Å². The number of benzene rings is 2. The summed E-state index contributed by atoms with van der Waals surface area (Å²) in [5.74, 6) is -3.21. The number of phenols is 2. The first-order valence-electron chi connectivity index (χ1n) is 8.54. The topological polar surface area (TPSA) is 181 Å². The van der Waals surface area contributed by atoms with Gasteiger partial charge in [0, 0.05) is 18.1 Å². The van der Waals surface area contributed by atoms with Gasteiger partial charge in [-0.05, 0) is 37.1 Å². The number of ketones is 1. The van der Waals surface area contributed by atoms with Crippen LogP contribution in [0.15, 0.2) is 36.4 Å². The van der Waals surface area contributed by atoms with Crippen LogP contribution in [0.5, 0.6) is 11.5 Å². The van der Waals surface area contributed by atoms with Gasteiger partial charge in [-0.15, -0.1) is 0 Å². The first-order valence-corrected chi connectivity index (χ1v) is 8.54. The lowest BCUT2D eigenvalue weighted by Crippen LogP contribution is -2.07. The molecule has 0 fully saturated rings. The number of nitro benzene ring substituents is 2. The van der Waals surface area contributed by atoms with E-state index in [1.807, 2.05) is 0 Å². The van der Waals surface area contributed by atoms with Gasteiger partial charge in [0.2, 0.25) is 0 Å². The second kappa shape index (κ2) is 9.96. The maximum Gasteiger partial charge on any atom is 0.310 e. The van der Waals surface area contributed by atoms with Gasteiger partial charge in [-0.1, -0.05) is 19.1 Å². The van der Waals surface area contributed by atoms with E-state index >= 15 is 0 Å². The van der Waals surface area contributed by atoms with E-state index < -0.39 is 38.9 Å². The number of Topliss-reactive ketones (excluding diaryl/α,β-unsaturated/α-hetero) is 1. The zero-order valence-corrected chi connectivity index (χ0v) is 16.3. The molecule has 0 spiro atoms. The van der Waals surface area contributed by atoms with Crippen molar-refractivity contribution in [1.29, 1.82) is 0 Å². The molecule has 160 valence electrons. The molecule has 0 aliphatic heterocycles. The minimum absolute atomic E-state index is 0.0525. The van der Waals surface area contributed by atoms with Crippen molar-refractivity contribution in [3.63, 3.8) is 0 Å². The Hall–Kier alpha value is -4.02. The quantitative estimate of drug-likeness (QED) is 0.465. The van der Waals surface area contributed by atoms with Crippen molar-refractivity contribution >= 4 is 23.1 Å². The average molecular weight is 420 g/mol. The van der Waals surface area contributed by atoms with E-state index in [1.165, 1.54) is 38.1 Å². The number of aromatic hydroxyl groups is 2. The van der Waals surface area contributed by atoms with E-state index in [4.69, 9.17) is 5.11 Å². The molecule has 2 unspecified atom stereocenters. The smallest absolute Gasteiger partial charge is 0.310 e. The average Bonchev–Trinajstić information content (AvgIpc) is 2.66. The maximum absolute atomic E-state index is 11.1. The number of carbonyl (C=O) groups excluding carboxylic acids is 1. The predicted molar refractivity (Wildman–Crippen MR) is 105 cm³/mol. The minimum Gasteiger partial charge on any atom is -0.502 e. The Bertz CT molecular complexity index is 908. The summed E-state index contributed by atoms with van der Waals surface area (Å²) in [7, 11) is 0. The van der Waals surface area contributed by atoms with Gasteiger partial charge >= 0.3 is 17.3 Å². The van der Waals surface area contributed by atoms with Crippen molar-refractivity contribution in [3.8, 4) is 11.5 Å². The predicted octanol–water partition coefficient (Wildman–Crippen LogP) is 3.48. The summed E-state index contributed by atoms with van der Waals surface area (Å²) in [6.07, 6.45) is 0. The molecule has 2 atom stereocenters. The molecule has 11 nitrogen and oxygen atoms in total. The summed E-state index contributed by atoms with van der Waals surface area (Å²) in [5, 5.41) is 48.1. The number of carboxylic acids is 1. The lowest BCUT2D eigenvalue weighted by atomic mass is 9.97. The molecule has 2 rings (SSSR count). The van der Waals surface area contributed by atoms with Crippen LogP contribution in [-0.4, -0.2) is 36.9 Å². The Morgan fingerprint density at radius 3 is 1.47 bits per heavy atom. The van der Waals surface area contributed by atoms with E-state index in [2.05, 4.69) is 0 Å². The van der Waals surface area contributed by atoms with Crippen molar-refractivity contribution < 1.29 is 34.8 Å². The molecule has 3 N–H and O–H groups in total. The number of hydrogen-bond donors (Lipinski definition) is 3. The van der Waals surface area contributed by atoms with Gasteiger partial charge in [0.1, 0.15) is 5.78 Å². The molecule has 11 heteroatoms. The van der Waals surface area contributed by atoms with E-state index in [9.17, 15) is 40.0 Å². The van der Waals surface area contributed by atoms with Crippen molar-refractivity contribution in [2.45, 2.75) is 32.6 Å². The third-order valence-electron chi connectivity index (χ3n) is 4.37. The molecule has 2 aromatic carbocycles. The Morgan fingerprint density at radius 2 is 1.20 bits per heavy atom. The largest absolute Gasteiger partial charge is 0.502 e. The standard InChI is InChI=1S/C10H11NO4.C9H9NO5/c1-6(7(2)12)8-3-4-9(11(14)15)10(13)5-8;1-5(9(12)13)6-2-3-7(10(14)15)8(11)4-6/h3-6,13H,1-2H3;2-5,11H,1H3,(H,12,13). The van der Waals surface area contributed by atoms with Crippen LogP contribution in [0, 0.1) is 20.2 Å². The van der Waals surface area contributed by atoms with Gasteiger partial charge in [0.15, 0.2) is 11.5 Å². The summed E-state index contributed by atoms with van der Waals surface area (Å²) in [4.78, 5) is 41.1. The van der Waals surface area contributed by atoms with E-state index in [1.54, 1.807) is 6.92 Å². The Labute approximate surface area is 170 Å². The Balaban J connectivity index is 0.000000300. The van der Waals surface area contributed by atoms with E-state index in [-0.39, 0.29) is 17.4 Å². The van der Waals surface area contributed by atoms with Gasteiger partial charge in [-0.2, -0.15) is 0 Å². The Kier molecular flexibility index (Phi) is 7.97. The van der Waals surface area contributed by atoms with Crippen LogP contribution in [0.2, 0.25) is 0 Å². The van der Waals surface area contributed by atoms with Crippen LogP contribution in [0.3, 0.4) is 0 Å². The van der Waals surface area contributed by atoms with Crippen LogP contribution in [0.25, 0.3) is 0 Å². The third-order valence-corrected chi connectivity index (χ3v) is 4.37. The zero-order chi connectivity index (χ0) is 23.2. The maximum atomic E-state index is 11.1. The minimum atomic E-state index is -1.05. The number of rotatable bonds is 6. The molecule has 0 aliphatic carbocycles. The number of nitro groups is 2. The van der Waals surface area contributed by atoms with Crippen molar-refractivity contribution in [1.82, 2.24) is 0 Å². The summed E-state index contributed by atoms with van der Waals surface area (Å²) in [5.41, 5.74) is 0.113. The normalized spacial score (nSPS) is 12.1. The van der Waals surface area contributed by atoms with Gasteiger partial charge in [-0.25, -0.2) is 0 Å². The molecule has 2 aromatic rings. The molecule has 0 heterocycles. The lowest BCUT2D eigenvalue weighted by molar-refractivity contribution is -0.386. The molecule has 0 saturated carbocycles. The second-order valence-corrected chi connectivity index (χ2v) is 6.40. The number of phenolic OH excluding ortho intramolecular Hbond substituents is 2. The lowest BCUT2D eigenvalue weighted by Gasteiger charge is -2.07. The molecule has 0 bridgehead atoms. The highest BCUT2D eigenvalue weighted by Gasteiger charge is 2.19. The van der Waals surface area contributed by atoms with Crippen LogP contribution in [-0.2, 0) is 9.59 Å². The number of nitrogens with zero attached hydrogens (tertiary/aromatic N) is 2.